The number of sulfonamides is 1. The third kappa shape index (κ3) is 3.74. The van der Waals surface area contributed by atoms with Crippen LogP contribution in [0.2, 0.25) is 0 Å². The Morgan fingerprint density at radius 2 is 1.68 bits per heavy atom. The average Bonchev–Trinajstić information content (AvgIpc) is 2.50. The summed E-state index contributed by atoms with van der Waals surface area (Å²) in [6, 6.07) is 13.2. The van der Waals surface area contributed by atoms with Crippen LogP contribution in [-0.2, 0) is 10.0 Å². The van der Waals surface area contributed by atoms with Crippen LogP contribution < -0.4 is 4.72 Å². The lowest BCUT2D eigenvalue weighted by Crippen LogP contribution is -2.14. The van der Waals surface area contributed by atoms with Crippen molar-refractivity contribution in [2.24, 2.45) is 0 Å². The monoisotopic (exact) mass is 317 g/mol. The minimum Gasteiger partial charge on any atom is -0.294 e. The van der Waals surface area contributed by atoms with Crippen LogP contribution in [0, 0.1) is 6.92 Å². The summed E-state index contributed by atoms with van der Waals surface area (Å²) in [5.74, 6) is 0.0262. The van der Waals surface area contributed by atoms with E-state index >= 15 is 0 Å². The molecule has 0 bridgehead atoms. The predicted molar refractivity (Wildman–Crippen MR) is 87.7 cm³/mol. The molecule has 0 spiro atoms. The summed E-state index contributed by atoms with van der Waals surface area (Å²) in [5, 5.41) is 0. The van der Waals surface area contributed by atoms with E-state index in [1.807, 2.05) is 26.0 Å². The van der Waals surface area contributed by atoms with E-state index in [0.717, 1.165) is 12.0 Å². The largest absolute Gasteiger partial charge is 0.294 e. The van der Waals surface area contributed by atoms with Crippen molar-refractivity contribution in [3.8, 4) is 0 Å². The van der Waals surface area contributed by atoms with Crippen LogP contribution in [-0.4, -0.2) is 14.2 Å². The number of Topliss-reactive ketones (excluding diaryl/α,β-unsaturated/α-hetero) is 1. The van der Waals surface area contributed by atoms with Crippen LogP contribution in [0.5, 0.6) is 0 Å². The first-order chi connectivity index (χ1) is 10.4. The zero-order valence-electron chi connectivity index (χ0n) is 12.7. The van der Waals surface area contributed by atoms with Crippen molar-refractivity contribution in [1.29, 1.82) is 0 Å². The van der Waals surface area contributed by atoms with Gasteiger partial charge in [0.2, 0.25) is 0 Å². The van der Waals surface area contributed by atoms with E-state index in [1.54, 1.807) is 24.3 Å². The first-order valence-electron chi connectivity index (χ1n) is 7.16. The average molecular weight is 317 g/mol. The number of carbonyl (C=O) groups excluding carboxylic acids is 1. The minimum absolute atomic E-state index is 0.0262. The molecule has 0 amide bonds. The number of para-hydroxylation sites is 1. The molecule has 0 aliphatic carbocycles. The standard InChI is InChI=1S/C17H19NO3S/c1-3-6-17(19)14-9-11-15(12-10-14)22(20,21)18-16-8-5-4-7-13(16)2/h4-5,7-12,18H,3,6H2,1-2H3. The van der Waals surface area contributed by atoms with Crippen molar-refractivity contribution < 1.29 is 13.2 Å². The van der Waals surface area contributed by atoms with Gasteiger partial charge in [-0.3, -0.25) is 9.52 Å². The van der Waals surface area contributed by atoms with Crippen LogP contribution in [0.4, 0.5) is 5.69 Å². The normalized spacial score (nSPS) is 11.2. The highest BCUT2D eigenvalue weighted by Gasteiger charge is 2.15. The van der Waals surface area contributed by atoms with Crippen molar-refractivity contribution in [3.63, 3.8) is 0 Å². The van der Waals surface area contributed by atoms with Crippen LogP contribution in [0.25, 0.3) is 0 Å². The van der Waals surface area contributed by atoms with Gasteiger partial charge in [-0.2, -0.15) is 0 Å². The molecule has 22 heavy (non-hydrogen) atoms. The number of aryl methyl sites for hydroxylation is 1. The number of anilines is 1. The Bertz CT molecular complexity index is 765. The first kappa shape index (κ1) is 16.2. The van der Waals surface area contributed by atoms with E-state index in [4.69, 9.17) is 0 Å². The SMILES string of the molecule is CCCC(=O)c1ccc(S(=O)(=O)Nc2ccccc2C)cc1. The zero-order chi connectivity index (χ0) is 16.2. The Hall–Kier alpha value is -2.14. The number of benzene rings is 2. The second-order valence-electron chi connectivity index (χ2n) is 5.12. The fourth-order valence-electron chi connectivity index (χ4n) is 2.08. The third-order valence-electron chi connectivity index (χ3n) is 3.35. The maximum atomic E-state index is 12.4. The summed E-state index contributed by atoms with van der Waals surface area (Å²) in [6.45, 7) is 3.77. The molecule has 2 aromatic rings. The van der Waals surface area contributed by atoms with E-state index in [9.17, 15) is 13.2 Å². The van der Waals surface area contributed by atoms with Crippen LogP contribution in [0.15, 0.2) is 53.4 Å². The lowest BCUT2D eigenvalue weighted by atomic mass is 10.1. The Balaban J connectivity index is 2.23. The Morgan fingerprint density at radius 3 is 2.27 bits per heavy atom. The number of carbonyl (C=O) groups is 1. The second kappa shape index (κ2) is 6.75. The summed E-state index contributed by atoms with van der Waals surface area (Å²) in [7, 11) is -3.65. The molecule has 0 radical (unpaired) electrons. The van der Waals surface area contributed by atoms with E-state index in [1.165, 1.54) is 12.1 Å². The molecule has 0 aliphatic heterocycles. The lowest BCUT2D eigenvalue weighted by Gasteiger charge is -2.10. The highest BCUT2D eigenvalue weighted by molar-refractivity contribution is 7.92. The molecule has 1 N–H and O–H groups in total. The molecule has 4 nitrogen and oxygen atoms in total. The lowest BCUT2D eigenvalue weighted by molar-refractivity contribution is 0.0981. The Labute approximate surface area is 131 Å². The molecule has 0 unspecified atom stereocenters. The summed E-state index contributed by atoms with van der Waals surface area (Å²) < 4.78 is 27.3. The quantitative estimate of drug-likeness (QED) is 0.825. The highest BCUT2D eigenvalue weighted by Crippen LogP contribution is 2.20. The topological polar surface area (TPSA) is 63.2 Å². The molecule has 0 aromatic heterocycles. The van der Waals surface area contributed by atoms with Gasteiger partial charge in [0.25, 0.3) is 10.0 Å². The zero-order valence-corrected chi connectivity index (χ0v) is 13.5. The molecular formula is C17H19NO3S. The fraction of sp³-hybridized carbons (Fsp3) is 0.235. The number of ketones is 1. The molecule has 0 aliphatic rings. The molecule has 0 fully saturated rings. The smallest absolute Gasteiger partial charge is 0.261 e. The summed E-state index contributed by atoms with van der Waals surface area (Å²) in [6.07, 6.45) is 1.24. The maximum absolute atomic E-state index is 12.4. The molecular weight excluding hydrogens is 298 g/mol. The van der Waals surface area contributed by atoms with Gasteiger partial charge in [0.15, 0.2) is 5.78 Å². The van der Waals surface area contributed by atoms with Gasteiger partial charge in [0.1, 0.15) is 0 Å². The van der Waals surface area contributed by atoms with Gasteiger partial charge in [-0.1, -0.05) is 37.3 Å². The fourth-order valence-corrected chi connectivity index (χ4v) is 3.21. The number of rotatable bonds is 6. The van der Waals surface area contributed by atoms with Crippen molar-refractivity contribution in [1.82, 2.24) is 0 Å². The van der Waals surface area contributed by atoms with E-state index in [2.05, 4.69) is 4.72 Å². The molecule has 2 rings (SSSR count). The van der Waals surface area contributed by atoms with Gasteiger partial charge in [-0.05, 0) is 37.1 Å². The maximum Gasteiger partial charge on any atom is 0.261 e. The van der Waals surface area contributed by atoms with Gasteiger partial charge >= 0.3 is 0 Å². The molecule has 116 valence electrons. The van der Waals surface area contributed by atoms with Crippen molar-refractivity contribution in [2.75, 3.05) is 4.72 Å². The van der Waals surface area contributed by atoms with Gasteiger partial charge in [0, 0.05) is 12.0 Å². The molecule has 2 aromatic carbocycles. The summed E-state index contributed by atoms with van der Waals surface area (Å²) in [4.78, 5) is 11.9. The number of hydrogen-bond donors (Lipinski definition) is 1. The van der Waals surface area contributed by atoms with Gasteiger partial charge in [0.05, 0.1) is 10.6 Å². The van der Waals surface area contributed by atoms with Gasteiger partial charge in [-0.25, -0.2) is 8.42 Å². The van der Waals surface area contributed by atoms with Crippen molar-refractivity contribution >= 4 is 21.5 Å². The number of hydrogen-bond acceptors (Lipinski definition) is 3. The summed E-state index contributed by atoms with van der Waals surface area (Å²) >= 11 is 0. The van der Waals surface area contributed by atoms with Crippen molar-refractivity contribution in [3.05, 3.63) is 59.7 Å². The summed E-state index contributed by atoms with van der Waals surface area (Å²) in [5.41, 5.74) is 1.94. The van der Waals surface area contributed by atoms with E-state index in [-0.39, 0.29) is 10.7 Å². The molecule has 5 heteroatoms. The van der Waals surface area contributed by atoms with Gasteiger partial charge in [-0.15, -0.1) is 0 Å². The van der Waals surface area contributed by atoms with Gasteiger partial charge < -0.3 is 0 Å². The second-order valence-corrected chi connectivity index (χ2v) is 6.80. The van der Waals surface area contributed by atoms with Crippen LogP contribution >= 0.6 is 0 Å². The molecule has 0 heterocycles. The predicted octanol–water partition coefficient (Wildman–Crippen LogP) is 3.78. The molecule has 0 saturated carbocycles. The molecule has 0 saturated heterocycles. The first-order valence-corrected chi connectivity index (χ1v) is 8.64. The van der Waals surface area contributed by atoms with Crippen LogP contribution in [0.1, 0.15) is 35.7 Å². The Morgan fingerprint density at radius 1 is 1.05 bits per heavy atom. The Kier molecular flexibility index (Phi) is 4.98. The van der Waals surface area contributed by atoms with E-state index < -0.39 is 10.0 Å². The van der Waals surface area contributed by atoms with Crippen molar-refractivity contribution in [2.45, 2.75) is 31.6 Å². The molecule has 0 atom stereocenters. The minimum atomic E-state index is -3.65. The van der Waals surface area contributed by atoms with Crippen LogP contribution in [0.3, 0.4) is 0 Å². The third-order valence-corrected chi connectivity index (χ3v) is 4.73. The highest BCUT2D eigenvalue weighted by atomic mass is 32.2. The van der Waals surface area contributed by atoms with E-state index in [0.29, 0.717) is 17.7 Å². The number of nitrogens with one attached hydrogen (secondary N) is 1.